The summed E-state index contributed by atoms with van der Waals surface area (Å²) in [6.07, 6.45) is 0. The first-order valence-corrected chi connectivity index (χ1v) is 7.41. The number of ether oxygens (including phenoxy) is 1. The minimum atomic E-state index is -0.129. The van der Waals surface area contributed by atoms with Crippen molar-refractivity contribution in [3.63, 3.8) is 0 Å². The first-order valence-electron chi connectivity index (χ1n) is 7.41. The number of aliphatic hydroxyl groups is 1. The average molecular weight is 287 g/mol. The molecule has 0 aliphatic carbocycles. The Morgan fingerprint density at radius 3 is 2.48 bits per heavy atom. The van der Waals surface area contributed by atoms with Crippen LogP contribution in [-0.4, -0.2) is 40.9 Å². The molecular formula is C18H25NO2. The number of aliphatic hydroxyl groups excluding tert-OH is 1. The zero-order valence-corrected chi connectivity index (χ0v) is 13.4. The van der Waals surface area contributed by atoms with Gasteiger partial charge in [0.2, 0.25) is 0 Å². The molecule has 1 fully saturated rings. The summed E-state index contributed by atoms with van der Waals surface area (Å²) in [5.41, 5.74) is 1.94. The van der Waals surface area contributed by atoms with E-state index in [9.17, 15) is 0 Å². The third-order valence-electron chi connectivity index (χ3n) is 3.41. The molecule has 0 bridgehead atoms. The molecule has 0 atom stereocenters. The highest BCUT2D eigenvalue weighted by molar-refractivity contribution is 5.37. The fourth-order valence-corrected chi connectivity index (χ4v) is 3.20. The lowest BCUT2D eigenvalue weighted by Crippen LogP contribution is -2.56. The predicted molar refractivity (Wildman–Crippen MR) is 84.9 cm³/mol. The topological polar surface area (TPSA) is 32.7 Å². The fraction of sp³-hybridized carbons (Fsp3) is 0.556. The molecule has 0 radical (unpaired) electrons. The van der Waals surface area contributed by atoms with E-state index in [1.807, 2.05) is 12.1 Å². The molecule has 21 heavy (non-hydrogen) atoms. The molecule has 3 heteroatoms. The highest BCUT2D eigenvalue weighted by Crippen LogP contribution is 2.28. The monoisotopic (exact) mass is 287 g/mol. The van der Waals surface area contributed by atoms with E-state index in [0.29, 0.717) is 0 Å². The van der Waals surface area contributed by atoms with Gasteiger partial charge in [-0.2, -0.15) is 0 Å². The average Bonchev–Trinajstić information content (AvgIpc) is 2.33. The molecule has 1 heterocycles. The molecule has 0 saturated carbocycles. The zero-order chi connectivity index (χ0) is 15.5. The first kappa shape index (κ1) is 16.0. The van der Waals surface area contributed by atoms with Crippen LogP contribution in [0.2, 0.25) is 0 Å². The smallest absolute Gasteiger partial charge is 0.104 e. The SMILES string of the molecule is CC1(C)CN(Cc2cccc(C#CCO)c2)CC(C)(C)O1. The van der Waals surface area contributed by atoms with E-state index in [1.54, 1.807) is 0 Å². The van der Waals surface area contributed by atoms with Gasteiger partial charge in [0.05, 0.1) is 11.2 Å². The van der Waals surface area contributed by atoms with Crippen molar-refractivity contribution in [2.75, 3.05) is 19.7 Å². The Hall–Kier alpha value is -1.34. The second kappa shape index (κ2) is 6.19. The van der Waals surface area contributed by atoms with Gasteiger partial charge in [0.15, 0.2) is 0 Å². The van der Waals surface area contributed by atoms with Crippen molar-refractivity contribution < 1.29 is 9.84 Å². The van der Waals surface area contributed by atoms with Gasteiger partial charge in [-0.15, -0.1) is 0 Å². The van der Waals surface area contributed by atoms with Crippen LogP contribution in [-0.2, 0) is 11.3 Å². The molecule has 114 valence electrons. The minimum Gasteiger partial charge on any atom is -0.384 e. The van der Waals surface area contributed by atoms with E-state index < -0.39 is 0 Å². The van der Waals surface area contributed by atoms with E-state index in [4.69, 9.17) is 9.84 Å². The lowest BCUT2D eigenvalue weighted by Gasteiger charge is -2.47. The van der Waals surface area contributed by atoms with Gasteiger partial charge < -0.3 is 9.84 Å². The molecule has 1 N–H and O–H groups in total. The van der Waals surface area contributed by atoms with Gasteiger partial charge in [0, 0.05) is 25.2 Å². The van der Waals surface area contributed by atoms with Crippen LogP contribution in [0.15, 0.2) is 24.3 Å². The summed E-state index contributed by atoms with van der Waals surface area (Å²) in [6, 6.07) is 8.21. The van der Waals surface area contributed by atoms with Crippen LogP contribution in [0.4, 0.5) is 0 Å². The van der Waals surface area contributed by atoms with Crippen LogP contribution in [0.25, 0.3) is 0 Å². The van der Waals surface area contributed by atoms with Crippen molar-refractivity contribution in [2.24, 2.45) is 0 Å². The van der Waals surface area contributed by atoms with Crippen molar-refractivity contribution in [1.29, 1.82) is 0 Å². The largest absolute Gasteiger partial charge is 0.384 e. The molecular weight excluding hydrogens is 262 g/mol. The van der Waals surface area contributed by atoms with E-state index in [-0.39, 0.29) is 17.8 Å². The first-order chi connectivity index (χ1) is 9.80. The van der Waals surface area contributed by atoms with E-state index in [1.165, 1.54) is 5.56 Å². The van der Waals surface area contributed by atoms with E-state index in [0.717, 1.165) is 25.2 Å². The third-order valence-corrected chi connectivity index (χ3v) is 3.41. The molecule has 1 aromatic rings. The molecule has 2 rings (SSSR count). The zero-order valence-electron chi connectivity index (χ0n) is 13.4. The van der Waals surface area contributed by atoms with E-state index in [2.05, 4.69) is 56.6 Å². The highest BCUT2D eigenvalue weighted by Gasteiger charge is 2.37. The third kappa shape index (κ3) is 4.86. The Balaban J connectivity index is 2.10. The Kier molecular flexibility index (Phi) is 4.73. The molecule has 1 saturated heterocycles. The predicted octanol–water partition coefficient (Wildman–Crippen LogP) is 2.42. The maximum Gasteiger partial charge on any atom is 0.104 e. The summed E-state index contributed by atoms with van der Waals surface area (Å²) in [5, 5.41) is 8.78. The van der Waals surface area contributed by atoms with Crippen LogP contribution in [0.1, 0.15) is 38.8 Å². The minimum absolute atomic E-state index is 0.101. The van der Waals surface area contributed by atoms with Crippen LogP contribution >= 0.6 is 0 Å². The quantitative estimate of drug-likeness (QED) is 0.848. The molecule has 1 aromatic carbocycles. The summed E-state index contributed by atoms with van der Waals surface area (Å²) in [7, 11) is 0. The van der Waals surface area contributed by atoms with Crippen LogP contribution in [0.5, 0.6) is 0 Å². The van der Waals surface area contributed by atoms with Crippen molar-refractivity contribution in [1.82, 2.24) is 4.90 Å². The number of benzene rings is 1. The fourth-order valence-electron chi connectivity index (χ4n) is 3.20. The second-order valence-corrected chi connectivity index (χ2v) is 6.93. The summed E-state index contributed by atoms with van der Waals surface area (Å²) in [4.78, 5) is 2.43. The van der Waals surface area contributed by atoms with Crippen LogP contribution in [0.3, 0.4) is 0 Å². The Bertz CT molecular complexity index is 536. The Morgan fingerprint density at radius 2 is 1.86 bits per heavy atom. The number of morpholine rings is 1. The van der Waals surface area contributed by atoms with Gasteiger partial charge in [-0.1, -0.05) is 24.0 Å². The van der Waals surface area contributed by atoms with Crippen molar-refractivity contribution in [3.8, 4) is 11.8 Å². The van der Waals surface area contributed by atoms with Gasteiger partial charge in [-0.25, -0.2) is 0 Å². The standard InChI is InChI=1S/C18H25NO2/c1-17(2)13-19(14-18(3,4)21-17)12-16-8-5-7-15(11-16)9-6-10-20/h5,7-8,11,20H,10,12-14H2,1-4H3. The van der Waals surface area contributed by atoms with Gasteiger partial charge in [0.25, 0.3) is 0 Å². The molecule has 0 amide bonds. The van der Waals surface area contributed by atoms with Gasteiger partial charge in [0.1, 0.15) is 6.61 Å². The van der Waals surface area contributed by atoms with Gasteiger partial charge in [-0.05, 0) is 45.4 Å². The number of hydrogen-bond donors (Lipinski definition) is 1. The summed E-state index contributed by atoms with van der Waals surface area (Å²) in [6.45, 7) is 11.2. The van der Waals surface area contributed by atoms with Crippen LogP contribution in [0, 0.1) is 11.8 Å². The molecule has 1 aliphatic rings. The molecule has 0 aromatic heterocycles. The van der Waals surface area contributed by atoms with Gasteiger partial charge in [-0.3, -0.25) is 4.90 Å². The molecule has 0 unspecified atom stereocenters. The number of rotatable bonds is 2. The lowest BCUT2D eigenvalue weighted by molar-refractivity contribution is -0.182. The maximum absolute atomic E-state index is 8.78. The lowest BCUT2D eigenvalue weighted by atomic mass is 9.98. The highest BCUT2D eigenvalue weighted by atomic mass is 16.5. The second-order valence-electron chi connectivity index (χ2n) is 6.93. The Morgan fingerprint density at radius 1 is 1.19 bits per heavy atom. The summed E-state index contributed by atoms with van der Waals surface area (Å²) < 4.78 is 6.11. The Labute approximate surface area is 127 Å². The normalized spacial score (nSPS) is 20.6. The molecule has 3 nitrogen and oxygen atoms in total. The maximum atomic E-state index is 8.78. The molecule has 0 spiro atoms. The van der Waals surface area contributed by atoms with E-state index >= 15 is 0 Å². The molecule has 1 aliphatic heterocycles. The van der Waals surface area contributed by atoms with Crippen molar-refractivity contribution >= 4 is 0 Å². The number of nitrogens with zero attached hydrogens (tertiary/aromatic N) is 1. The summed E-state index contributed by atoms with van der Waals surface area (Å²) >= 11 is 0. The summed E-state index contributed by atoms with van der Waals surface area (Å²) in [5.74, 6) is 5.65. The van der Waals surface area contributed by atoms with Crippen molar-refractivity contribution in [3.05, 3.63) is 35.4 Å². The van der Waals surface area contributed by atoms with Crippen molar-refractivity contribution in [2.45, 2.75) is 45.4 Å². The number of hydrogen-bond acceptors (Lipinski definition) is 3. The van der Waals surface area contributed by atoms with Gasteiger partial charge >= 0.3 is 0 Å². The van der Waals surface area contributed by atoms with Crippen LogP contribution < -0.4 is 0 Å².